The summed E-state index contributed by atoms with van der Waals surface area (Å²) in [5.41, 5.74) is 5.71. The zero-order valence-corrected chi connectivity index (χ0v) is 12.5. The summed E-state index contributed by atoms with van der Waals surface area (Å²) in [6.07, 6.45) is 4.04. The third-order valence-corrected chi connectivity index (χ3v) is 3.11. The maximum Gasteiger partial charge on any atom is 0.223 e. The van der Waals surface area contributed by atoms with Gasteiger partial charge in [-0.3, -0.25) is 0 Å². The second kappa shape index (κ2) is 9.36. The lowest BCUT2D eigenvalue weighted by molar-refractivity contribution is 0.255. The summed E-state index contributed by atoms with van der Waals surface area (Å²) >= 11 is 0. The molecule has 0 fully saturated rings. The first-order valence-corrected chi connectivity index (χ1v) is 7.42. The smallest absolute Gasteiger partial charge is 0.223 e. The van der Waals surface area contributed by atoms with E-state index in [-0.39, 0.29) is 12.6 Å². The number of nitrogens with one attached hydrogen (secondary N) is 2. The Kier molecular flexibility index (Phi) is 7.72. The van der Waals surface area contributed by atoms with Gasteiger partial charge in [0.2, 0.25) is 5.95 Å². The second-order valence-corrected chi connectivity index (χ2v) is 4.97. The maximum absolute atomic E-state index is 9.06. The number of hydrogen-bond donors (Lipinski definition) is 4. The molecule has 0 aromatic carbocycles. The van der Waals surface area contributed by atoms with E-state index >= 15 is 0 Å². The van der Waals surface area contributed by atoms with Crippen LogP contribution in [0.1, 0.15) is 39.5 Å². The number of hydrogen-bond acceptors (Lipinski definition) is 6. The molecule has 6 heteroatoms. The minimum Gasteiger partial charge on any atom is -0.396 e. The monoisotopic (exact) mass is 281 g/mol. The van der Waals surface area contributed by atoms with Gasteiger partial charge in [-0.05, 0) is 25.2 Å². The summed E-state index contributed by atoms with van der Waals surface area (Å²) in [7, 11) is 0. The largest absolute Gasteiger partial charge is 0.396 e. The zero-order chi connectivity index (χ0) is 14.8. The summed E-state index contributed by atoms with van der Waals surface area (Å²) in [4.78, 5) is 8.33. The molecule has 6 nitrogen and oxygen atoms in total. The number of aliphatic hydroxyl groups excluding tert-OH is 1. The average Bonchev–Trinajstić information content (AvgIpc) is 2.42. The van der Waals surface area contributed by atoms with Crippen LogP contribution in [0.5, 0.6) is 0 Å². The molecule has 0 saturated heterocycles. The Morgan fingerprint density at radius 3 is 2.45 bits per heavy atom. The van der Waals surface area contributed by atoms with Gasteiger partial charge >= 0.3 is 0 Å². The van der Waals surface area contributed by atoms with Gasteiger partial charge in [0.25, 0.3) is 0 Å². The van der Waals surface area contributed by atoms with Crippen molar-refractivity contribution in [2.24, 2.45) is 5.92 Å². The Hall–Kier alpha value is -1.56. The summed E-state index contributed by atoms with van der Waals surface area (Å²) in [6.45, 7) is 6.12. The molecule has 1 aromatic rings. The summed E-state index contributed by atoms with van der Waals surface area (Å²) in [5.74, 6) is 2.20. The first kappa shape index (κ1) is 16.5. The van der Waals surface area contributed by atoms with Crippen LogP contribution in [0.25, 0.3) is 0 Å². The van der Waals surface area contributed by atoms with Crippen molar-refractivity contribution in [1.29, 1.82) is 0 Å². The van der Waals surface area contributed by atoms with Crippen molar-refractivity contribution in [3.8, 4) is 0 Å². The van der Waals surface area contributed by atoms with Gasteiger partial charge in [0.1, 0.15) is 11.6 Å². The Morgan fingerprint density at radius 1 is 1.15 bits per heavy atom. The molecule has 0 radical (unpaired) electrons. The SMILES string of the molecule is CCCNc1cc(NCC(CCC)CCO)nc(N)n1. The first-order valence-electron chi connectivity index (χ1n) is 7.42. The molecular formula is C14H27N5O. The molecule has 0 aliphatic carbocycles. The molecule has 0 aliphatic heterocycles. The highest BCUT2D eigenvalue weighted by Crippen LogP contribution is 2.15. The predicted molar refractivity (Wildman–Crippen MR) is 83.8 cm³/mol. The molecule has 0 amide bonds. The van der Waals surface area contributed by atoms with E-state index in [4.69, 9.17) is 10.8 Å². The Labute approximate surface area is 121 Å². The van der Waals surface area contributed by atoms with Crippen LogP contribution in [0, 0.1) is 5.92 Å². The highest BCUT2D eigenvalue weighted by molar-refractivity contribution is 5.50. The zero-order valence-electron chi connectivity index (χ0n) is 12.5. The third-order valence-electron chi connectivity index (χ3n) is 3.11. The highest BCUT2D eigenvalue weighted by atomic mass is 16.3. The fourth-order valence-corrected chi connectivity index (χ4v) is 2.09. The molecule has 0 aliphatic rings. The van der Waals surface area contributed by atoms with Gasteiger partial charge in [-0.15, -0.1) is 0 Å². The summed E-state index contributed by atoms with van der Waals surface area (Å²) in [5, 5.41) is 15.6. The number of aliphatic hydroxyl groups is 1. The molecule has 114 valence electrons. The standard InChI is InChI=1S/C14H27N5O/c1-3-5-11(6-8-20)10-17-13-9-12(16-7-4-2)18-14(15)19-13/h9,11,20H,3-8,10H2,1-2H3,(H4,15,16,17,18,19). The Balaban J connectivity index is 2.59. The average molecular weight is 281 g/mol. The molecule has 5 N–H and O–H groups in total. The van der Waals surface area contributed by atoms with Crippen molar-refractivity contribution < 1.29 is 5.11 Å². The number of nitrogens with two attached hydrogens (primary N) is 1. The van der Waals surface area contributed by atoms with E-state index in [0.717, 1.165) is 50.4 Å². The lowest BCUT2D eigenvalue weighted by Crippen LogP contribution is -2.17. The van der Waals surface area contributed by atoms with Gasteiger partial charge in [-0.2, -0.15) is 9.97 Å². The first-order chi connectivity index (χ1) is 9.69. The van der Waals surface area contributed by atoms with Crippen LogP contribution in [0.4, 0.5) is 17.6 Å². The highest BCUT2D eigenvalue weighted by Gasteiger charge is 2.08. The van der Waals surface area contributed by atoms with Crippen LogP contribution < -0.4 is 16.4 Å². The normalized spacial score (nSPS) is 12.2. The van der Waals surface area contributed by atoms with E-state index in [1.54, 1.807) is 0 Å². The molecule has 1 aromatic heterocycles. The Bertz CT molecular complexity index is 380. The van der Waals surface area contributed by atoms with E-state index in [1.165, 1.54) is 0 Å². The third kappa shape index (κ3) is 6.06. The minimum atomic E-state index is 0.224. The van der Waals surface area contributed by atoms with Gasteiger partial charge in [-0.25, -0.2) is 0 Å². The maximum atomic E-state index is 9.06. The van der Waals surface area contributed by atoms with E-state index in [0.29, 0.717) is 5.92 Å². The van der Waals surface area contributed by atoms with Crippen LogP contribution in [-0.2, 0) is 0 Å². The van der Waals surface area contributed by atoms with Gasteiger partial charge in [0.15, 0.2) is 0 Å². The number of nitrogens with zero attached hydrogens (tertiary/aromatic N) is 2. The van der Waals surface area contributed by atoms with Gasteiger partial charge in [0.05, 0.1) is 0 Å². The van der Waals surface area contributed by atoms with Crippen molar-refractivity contribution in [2.75, 3.05) is 36.1 Å². The fraction of sp³-hybridized carbons (Fsp3) is 0.714. The number of anilines is 3. The number of rotatable bonds is 10. The van der Waals surface area contributed by atoms with E-state index in [1.807, 2.05) is 6.07 Å². The van der Waals surface area contributed by atoms with Crippen molar-refractivity contribution in [3.05, 3.63) is 6.07 Å². The lowest BCUT2D eigenvalue weighted by Gasteiger charge is -2.16. The number of aromatic nitrogens is 2. The molecule has 0 bridgehead atoms. The van der Waals surface area contributed by atoms with Crippen LogP contribution >= 0.6 is 0 Å². The molecule has 1 rings (SSSR count). The quantitative estimate of drug-likeness (QED) is 0.524. The van der Waals surface area contributed by atoms with Crippen molar-refractivity contribution in [2.45, 2.75) is 39.5 Å². The molecule has 1 heterocycles. The van der Waals surface area contributed by atoms with Gasteiger partial charge in [0, 0.05) is 25.8 Å². The lowest BCUT2D eigenvalue weighted by atomic mass is 10.0. The van der Waals surface area contributed by atoms with Crippen LogP contribution in [-0.4, -0.2) is 34.8 Å². The minimum absolute atomic E-state index is 0.224. The topological polar surface area (TPSA) is 96.1 Å². The summed E-state index contributed by atoms with van der Waals surface area (Å²) < 4.78 is 0. The van der Waals surface area contributed by atoms with E-state index in [9.17, 15) is 0 Å². The van der Waals surface area contributed by atoms with Crippen LogP contribution in [0.3, 0.4) is 0 Å². The van der Waals surface area contributed by atoms with Crippen molar-refractivity contribution in [1.82, 2.24) is 9.97 Å². The van der Waals surface area contributed by atoms with Gasteiger partial charge < -0.3 is 21.5 Å². The fourth-order valence-electron chi connectivity index (χ4n) is 2.09. The molecule has 1 unspecified atom stereocenters. The predicted octanol–water partition coefficient (Wildman–Crippen LogP) is 2.09. The molecular weight excluding hydrogens is 254 g/mol. The van der Waals surface area contributed by atoms with Crippen LogP contribution in [0.2, 0.25) is 0 Å². The molecule has 0 saturated carbocycles. The molecule has 1 atom stereocenters. The molecule has 20 heavy (non-hydrogen) atoms. The second-order valence-electron chi connectivity index (χ2n) is 4.97. The van der Waals surface area contributed by atoms with Crippen molar-refractivity contribution >= 4 is 17.6 Å². The summed E-state index contributed by atoms with van der Waals surface area (Å²) in [6, 6.07) is 1.87. The van der Waals surface area contributed by atoms with Crippen molar-refractivity contribution in [3.63, 3.8) is 0 Å². The van der Waals surface area contributed by atoms with E-state index < -0.39 is 0 Å². The molecule has 0 spiro atoms. The van der Waals surface area contributed by atoms with Crippen LogP contribution in [0.15, 0.2) is 6.07 Å². The Morgan fingerprint density at radius 2 is 1.85 bits per heavy atom. The number of nitrogen functional groups attached to an aromatic ring is 1. The van der Waals surface area contributed by atoms with E-state index in [2.05, 4.69) is 34.4 Å². The van der Waals surface area contributed by atoms with Gasteiger partial charge in [-0.1, -0.05) is 20.3 Å².